The number of hydrogen-bond acceptors (Lipinski definition) is 1. The molecule has 1 aliphatic carbocycles. The van der Waals surface area contributed by atoms with Gasteiger partial charge < -0.3 is 5.11 Å². The van der Waals surface area contributed by atoms with Gasteiger partial charge in [0.25, 0.3) is 0 Å². The number of carboxylic acid groups (broad SMARTS) is 1. The van der Waals surface area contributed by atoms with Gasteiger partial charge in [-0.3, -0.25) is 0 Å². The van der Waals surface area contributed by atoms with Crippen molar-refractivity contribution in [2.45, 2.75) is 39.0 Å². The second kappa shape index (κ2) is 6.47. The lowest BCUT2D eigenvalue weighted by Crippen LogP contribution is -1.99. The van der Waals surface area contributed by atoms with Crippen molar-refractivity contribution in [3.63, 3.8) is 0 Å². The van der Waals surface area contributed by atoms with Gasteiger partial charge in [-0.05, 0) is 5.92 Å². The number of halogens is 1. The zero-order chi connectivity index (χ0) is 8.69. The number of hydrogen-bond donors (Lipinski definition) is 1. The van der Waals surface area contributed by atoms with E-state index < -0.39 is 5.43 Å². The summed E-state index contributed by atoms with van der Waals surface area (Å²) in [4.78, 5) is 8.77. The maximum absolute atomic E-state index is 8.77. The zero-order valence-electron chi connectivity index (χ0n) is 6.85. The SMILES string of the molecule is CC1CCCCC1.O=C(O)Cl. The quantitative estimate of drug-likeness (QED) is 0.577. The van der Waals surface area contributed by atoms with Crippen LogP contribution in [0.4, 0.5) is 4.79 Å². The normalized spacial score (nSPS) is 18.4. The molecule has 0 aromatic carbocycles. The van der Waals surface area contributed by atoms with Crippen LogP contribution in [0.1, 0.15) is 39.0 Å². The molecule has 1 rings (SSSR count). The highest BCUT2D eigenvalue weighted by atomic mass is 35.5. The van der Waals surface area contributed by atoms with Gasteiger partial charge in [0.15, 0.2) is 0 Å². The Morgan fingerprint density at radius 2 is 1.73 bits per heavy atom. The van der Waals surface area contributed by atoms with Crippen LogP contribution in [-0.2, 0) is 0 Å². The van der Waals surface area contributed by atoms with Gasteiger partial charge in [0.2, 0.25) is 0 Å². The number of rotatable bonds is 0. The van der Waals surface area contributed by atoms with Crippen molar-refractivity contribution >= 4 is 17.0 Å². The maximum atomic E-state index is 8.77. The third-order valence-corrected chi connectivity index (χ3v) is 1.89. The van der Waals surface area contributed by atoms with Crippen LogP contribution < -0.4 is 0 Å². The second-order valence-electron chi connectivity index (χ2n) is 3.00. The van der Waals surface area contributed by atoms with Gasteiger partial charge in [-0.15, -0.1) is 0 Å². The molecule has 0 bridgehead atoms. The maximum Gasteiger partial charge on any atom is 0.401 e. The van der Waals surface area contributed by atoms with E-state index in [2.05, 4.69) is 18.5 Å². The summed E-state index contributed by atoms with van der Waals surface area (Å²) >= 11 is 4.19. The highest BCUT2D eigenvalue weighted by Gasteiger charge is 2.05. The molecule has 11 heavy (non-hydrogen) atoms. The molecule has 0 aromatic rings. The predicted molar refractivity (Wildman–Crippen MR) is 46.1 cm³/mol. The van der Waals surface area contributed by atoms with Crippen molar-refractivity contribution in [2.75, 3.05) is 0 Å². The van der Waals surface area contributed by atoms with Crippen molar-refractivity contribution < 1.29 is 9.90 Å². The molecule has 0 spiro atoms. The van der Waals surface area contributed by atoms with Gasteiger partial charge in [0, 0.05) is 11.6 Å². The average molecular weight is 179 g/mol. The van der Waals surface area contributed by atoms with Crippen molar-refractivity contribution in [1.82, 2.24) is 0 Å². The molecule has 0 aliphatic heterocycles. The summed E-state index contributed by atoms with van der Waals surface area (Å²) in [6.07, 6.45) is 7.44. The molecule has 0 atom stereocenters. The van der Waals surface area contributed by atoms with Gasteiger partial charge in [0.05, 0.1) is 0 Å². The minimum Gasteiger partial charge on any atom is -0.469 e. The summed E-state index contributed by atoms with van der Waals surface area (Å²) in [5.41, 5.74) is -1.36. The Balaban J connectivity index is 0.000000218. The van der Waals surface area contributed by atoms with Crippen LogP contribution in [0.3, 0.4) is 0 Å². The van der Waals surface area contributed by atoms with Crippen LogP contribution in [0.15, 0.2) is 0 Å². The molecule has 66 valence electrons. The van der Waals surface area contributed by atoms with Gasteiger partial charge >= 0.3 is 5.43 Å². The lowest BCUT2D eigenvalue weighted by Gasteiger charge is -2.15. The molecule has 0 saturated heterocycles. The van der Waals surface area contributed by atoms with E-state index in [1.165, 1.54) is 32.1 Å². The molecule has 1 saturated carbocycles. The molecule has 0 unspecified atom stereocenters. The molecule has 0 amide bonds. The van der Waals surface area contributed by atoms with E-state index in [-0.39, 0.29) is 0 Å². The first kappa shape index (κ1) is 10.8. The van der Waals surface area contributed by atoms with Crippen LogP contribution in [0.2, 0.25) is 0 Å². The molecule has 3 heteroatoms. The predicted octanol–water partition coefficient (Wildman–Crippen LogP) is 3.49. The first-order valence-corrected chi connectivity index (χ1v) is 4.39. The van der Waals surface area contributed by atoms with E-state index in [0.717, 1.165) is 5.92 Å². The second-order valence-corrected chi connectivity index (χ2v) is 3.32. The monoisotopic (exact) mass is 178 g/mol. The smallest absolute Gasteiger partial charge is 0.401 e. The molecule has 1 aliphatic rings. The van der Waals surface area contributed by atoms with Crippen molar-refractivity contribution in [1.29, 1.82) is 0 Å². The summed E-state index contributed by atoms with van der Waals surface area (Å²) in [6, 6.07) is 0. The summed E-state index contributed by atoms with van der Waals surface area (Å²) in [5.74, 6) is 1.04. The average Bonchev–Trinajstić information content (AvgIpc) is 1.87. The van der Waals surface area contributed by atoms with Crippen molar-refractivity contribution in [3.05, 3.63) is 0 Å². The Hall–Kier alpha value is -0.240. The lowest BCUT2D eigenvalue weighted by molar-refractivity contribution is 0.220. The number of carbonyl (C=O) groups is 1. The fourth-order valence-electron chi connectivity index (χ4n) is 1.31. The summed E-state index contributed by atoms with van der Waals surface area (Å²) in [7, 11) is 0. The zero-order valence-corrected chi connectivity index (χ0v) is 7.60. The highest BCUT2D eigenvalue weighted by Crippen LogP contribution is 2.21. The van der Waals surface area contributed by atoms with E-state index >= 15 is 0 Å². The standard InChI is InChI=1S/C7H14.CHClO2/c1-7-5-3-2-4-6-7;2-1(3)4/h7H,2-6H2,1H3;(H,3,4). The van der Waals surface area contributed by atoms with Crippen LogP contribution in [0.5, 0.6) is 0 Å². The fourth-order valence-corrected chi connectivity index (χ4v) is 1.31. The van der Waals surface area contributed by atoms with Gasteiger partial charge in [0.1, 0.15) is 0 Å². The minimum absolute atomic E-state index is 1.04. The van der Waals surface area contributed by atoms with E-state index in [0.29, 0.717) is 0 Å². The summed E-state index contributed by atoms with van der Waals surface area (Å²) in [6.45, 7) is 2.36. The van der Waals surface area contributed by atoms with Gasteiger partial charge in [-0.25, -0.2) is 4.79 Å². The minimum atomic E-state index is -1.36. The van der Waals surface area contributed by atoms with Crippen LogP contribution in [0.25, 0.3) is 0 Å². The van der Waals surface area contributed by atoms with E-state index in [1.807, 2.05) is 0 Å². The molecule has 0 aromatic heterocycles. The van der Waals surface area contributed by atoms with E-state index in [4.69, 9.17) is 9.90 Å². The molecular weight excluding hydrogens is 164 g/mol. The molecule has 1 N–H and O–H groups in total. The van der Waals surface area contributed by atoms with E-state index in [9.17, 15) is 0 Å². The van der Waals surface area contributed by atoms with Crippen LogP contribution in [-0.4, -0.2) is 10.5 Å². The molecule has 0 heterocycles. The van der Waals surface area contributed by atoms with Gasteiger partial charge in [-0.1, -0.05) is 39.0 Å². The highest BCUT2D eigenvalue weighted by molar-refractivity contribution is 6.60. The first-order valence-electron chi connectivity index (χ1n) is 4.01. The Bertz CT molecular complexity index is 105. The Kier molecular flexibility index (Phi) is 6.33. The topological polar surface area (TPSA) is 37.3 Å². The molecule has 0 radical (unpaired) electrons. The lowest BCUT2D eigenvalue weighted by atomic mass is 9.91. The van der Waals surface area contributed by atoms with Crippen molar-refractivity contribution in [3.8, 4) is 0 Å². The summed E-state index contributed by atoms with van der Waals surface area (Å²) < 4.78 is 0. The van der Waals surface area contributed by atoms with E-state index in [1.54, 1.807) is 0 Å². The largest absolute Gasteiger partial charge is 0.469 e. The molecular formula is C8H15ClO2. The Morgan fingerprint density at radius 3 is 1.91 bits per heavy atom. The molecule has 1 fully saturated rings. The van der Waals surface area contributed by atoms with Crippen molar-refractivity contribution in [2.24, 2.45) is 5.92 Å². The molecule has 2 nitrogen and oxygen atoms in total. The van der Waals surface area contributed by atoms with Gasteiger partial charge in [-0.2, -0.15) is 0 Å². The fraction of sp³-hybridized carbons (Fsp3) is 0.875. The third kappa shape index (κ3) is 9.76. The third-order valence-electron chi connectivity index (χ3n) is 1.89. The Morgan fingerprint density at radius 1 is 1.36 bits per heavy atom. The van der Waals surface area contributed by atoms with Crippen LogP contribution in [0, 0.1) is 5.92 Å². The van der Waals surface area contributed by atoms with Crippen LogP contribution >= 0.6 is 11.6 Å². The first-order chi connectivity index (χ1) is 5.13. The Labute approximate surface area is 72.6 Å². The summed E-state index contributed by atoms with van der Waals surface area (Å²) in [5, 5.41) is 7.18.